The first-order chi connectivity index (χ1) is 9.38. The Kier molecular flexibility index (Phi) is 4.74. The highest BCUT2D eigenvalue weighted by molar-refractivity contribution is 9.10. The summed E-state index contributed by atoms with van der Waals surface area (Å²) < 4.78 is 6.78. The normalized spacial score (nSPS) is 12.3. The molecule has 0 saturated carbocycles. The molecule has 106 valence electrons. The van der Waals surface area contributed by atoms with Crippen molar-refractivity contribution in [3.63, 3.8) is 0 Å². The minimum Gasteiger partial charge on any atom is -0.456 e. The monoisotopic (exact) mass is 354 g/mol. The zero-order valence-electron chi connectivity index (χ0n) is 11.6. The van der Waals surface area contributed by atoms with Crippen LogP contribution in [0.5, 0.6) is 11.5 Å². The molecular weight excluding hydrogens is 340 g/mol. The quantitative estimate of drug-likeness (QED) is 0.780. The van der Waals surface area contributed by atoms with Crippen molar-refractivity contribution >= 4 is 27.5 Å². The maximum Gasteiger partial charge on any atom is 0.141 e. The summed E-state index contributed by atoms with van der Waals surface area (Å²) in [5.74, 6) is 1.52. The Morgan fingerprint density at radius 1 is 1.15 bits per heavy atom. The van der Waals surface area contributed by atoms with E-state index in [2.05, 4.69) is 15.9 Å². The molecule has 1 atom stereocenters. The lowest BCUT2D eigenvalue weighted by Crippen LogP contribution is -1.95. The second kappa shape index (κ2) is 6.17. The summed E-state index contributed by atoms with van der Waals surface area (Å²) >= 11 is 9.49. The highest BCUT2D eigenvalue weighted by Crippen LogP contribution is 2.36. The van der Waals surface area contributed by atoms with Crippen LogP contribution in [0.2, 0.25) is 5.02 Å². The van der Waals surface area contributed by atoms with Crippen LogP contribution in [0.15, 0.2) is 34.8 Å². The molecule has 0 aromatic heterocycles. The third-order valence-corrected chi connectivity index (χ3v) is 3.91. The van der Waals surface area contributed by atoms with Crippen LogP contribution in [0.4, 0.5) is 0 Å². The Morgan fingerprint density at radius 2 is 1.75 bits per heavy atom. The van der Waals surface area contributed by atoms with Gasteiger partial charge in [0.2, 0.25) is 0 Å². The van der Waals surface area contributed by atoms with E-state index < -0.39 is 6.10 Å². The zero-order valence-corrected chi connectivity index (χ0v) is 13.9. The van der Waals surface area contributed by atoms with Gasteiger partial charge >= 0.3 is 0 Å². The lowest BCUT2D eigenvalue weighted by molar-refractivity contribution is 0.199. The maximum atomic E-state index is 9.57. The Labute approximate surface area is 132 Å². The molecule has 0 bridgehead atoms. The van der Waals surface area contributed by atoms with Gasteiger partial charge in [-0.1, -0.05) is 17.7 Å². The van der Waals surface area contributed by atoms with Gasteiger partial charge in [-0.3, -0.25) is 0 Å². The predicted octanol–water partition coefficient (Wildman–Crippen LogP) is 5.56. The fourth-order valence-corrected chi connectivity index (χ4v) is 2.83. The third kappa shape index (κ3) is 3.35. The Morgan fingerprint density at radius 3 is 2.25 bits per heavy atom. The van der Waals surface area contributed by atoms with Crippen LogP contribution in [-0.4, -0.2) is 5.11 Å². The minimum atomic E-state index is -0.501. The number of benzene rings is 2. The van der Waals surface area contributed by atoms with Crippen LogP contribution in [0.3, 0.4) is 0 Å². The maximum absolute atomic E-state index is 9.57. The van der Waals surface area contributed by atoms with Crippen molar-refractivity contribution in [2.75, 3.05) is 0 Å². The number of ether oxygens (including phenoxy) is 1. The Bertz CT molecular complexity index is 615. The summed E-state index contributed by atoms with van der Waals surface area (Å²) in [4.78, 5) is 0. The van der Waals surface area contributed by atoms with Crippen molar-refractivity contribution in [3.8, 4) is 11.5 Å². The van der Waals surface area contributed by atoms with E-state index in [4.69, 9.17) is 16.3 Å². The molecule has 0 amide bonds. The average molecular weight is 356 g/mol. The number of aliphatic hydroxyl groups is 1. The fraction of sp³-hybridized carbons (Fsp3) is 0.250. The van der Waals surface area contributed by atoms with Gasteiger partial charge in [-0.2, -0.15) is 0 Å². The van der Waals surface area contributed by atoms with Gasteiger partial charge in [-0.25, -0.2) is 0 Å². The van der Waals surface area contributed by atoms with Crippen LogP contribution >= 0.6 is 27.5 Å². The first kappa shape index (κ1) is 15.4. The molecule has 0 aliphatic carbocycles. The fourth-order valence-electron chi connectivity index (χ4n) is 2.03. The number of hydrogen-bond donors (Lipinski definition) is 1. The van der Waals surface area contributed by atoms with Crippen LogP contribution in [-0.2, 0) is 0 Å². The van der Waals surface area contributed by atoms with E-state index in [1.807, 2.05) is 44.2 Å². The molecule has 0 radical (unpaired) electrons. The first-order valence-corrected chi connectivity index (χ1v) is 7.47. The largest absolute Gasteiger partial charge is 0.456 e. The van der Waals surface area contributed by atoms with E-state index in [9.17, 15) is 5.11 Å². The molecule has 0 spiro atoms. The molecule has 2 rings (SSSR count). The zero-order chi connectivity index (χ0) is 14.9. The first-order valence-electron chi connectivity index (χ1n) is 6.30. The van der Waals surface area contributed by atoms with Gasteiger partial charge in [0.25, 0.3) is 0 Å². The standard InChI is InChI=1S/C16H16BrClO2/c1-9-6-13(18)7-10(2)16(9)20-15-5-4-12(11(3)19)8-14(15)17/h4-8,11,19H,1-3H3/t11-/m0/s1. The highest BCUT2D eigenvalue weighted by atomic mass is 79.9. The summed E-state index contributed by atoms with van der Waals surface area (Å²) in [5.41, 5.74) is 2.82. The van der Waals surface area contributed by atoms with Gasteiger partial charge in [-0.05, 0) is 77.7 Å². The SMILES string of the molecule is Cc1cc(Cl)cc(C)c1Oc1ccc([C@H](C)O)cc1Br. The topological polar surface area (TPSA) is 29.5 Å². The second-order valence-corrected chi connectivity index (χ2v) is 6.13. The molecular formula is C16H16BrClO2. The third-order valence-electron chi connectivity index (χ3n) is 3.08. The van der Waals surface area contributed by atoms with Crippen molar-refractivity contribution in [3.05, 3.63) is 56.5 Å². The molecule has 4 heteroatoms. The van der Waals surface area contributed by atoms with Gasteiger partial charge in [0.1, 0.15) is 11.5 Å². The summed E-state index contributed by atoms with van der Waals surface area (Å²) in [7, 11) is 0. The minimum absolute atomic E-state index is 0.501. The number of aryl methyl sites for hydroxylation is 2. The lowest BCUT2D eigenvalue weighted by atomic mass is 10.1. The van der Waals surface area contributed by atoms with Gasteiger partial charge < -0.3 is 9.84 Å². The van der Waals surface area contributed by atoms with Crippen molar-refractivity contribution < 1.29 is 9.84 Å². The number of hydrogen-bond acceptors (Lipinski definition) is 2. The number of halogens is 2. The molecule has 20 heavy (non-hydrogen) atoms. The summed E-state index contributed by atoms with van der Waals surface area (Å²) in [6.45, 7) is 5.66. The number of aliphatic hydroxyl groups excluding tert-OH is 1. The van der Waals surface area contributed by atoms with Gasteiger partial charge in [0.05, 0.1) is 10.6 Å². The summed E-state index contributed by atoms with van der Waals surface area (Å²) in [6.07, 6.45) is -0.501. The van der Waals surface area contributed by atoms with Gasteiger partial charge in [0.15, 0.2) is 0 Å². The summed E-state index contributed by atoms with van der Waals surface area (Å²) in [6, 6.07) is 9.31. The molecule has 1 N–H and O–H groups in total. The second-order valence-electron chi connectivity index (χ2n) is 4.84. The summed E-state index contributed by atoms with van der Waals surface area (Å²) in [5, 5.41) is 10.3. The predicted molar refractivity (Wildman–Crippen MR) is 85.8 cm³/mol. The van der Waals surface area contributed by atoms with Crippen molar-refractivity contribution in [1.29, 1.82) is 0 Å². The van der Waals surface area contributed by atoms with Crippen molar-refractivity contribution in [2.45, 2.75) is 26.9 Å². The van der Waals surface area contributed by atoms with Crippen LogP contribution < -0.4 is 4.74 Å². The highest BCUT2D eigenvalue weighted by Gasteiger charge is 2.11. The molecule has 2 nitrogen and oxygen atoms in total. The molecule has 0 saturated heterocycles. The molecule has 0 heterocycles. The van der Waals surface area contributed by atoms with E-state index in [0.29, 0.717) is 10.8 Å². The molecule has 2 aromatic rings. The molecule has 0 fully saturated rings. The van der Waals surface area contributed by atoms with E-state index in [0.717, 1.165) is 26.9 Å². The molecule has 2 aromatic carbocycles. The Hall–Kier alpha value is -1.03. The smallest absolute Gasteiger partial charge is 0.141 e. The van der Waals surface area contributed by atoms with Crippen LogP contribution in [0.1, 0.15) is 29.7 Å². The lowest BCUT2D eigenvalue weighted by Gasteiger charge is -2.14. The molecule has 0 aliphatic heterocycles. The van der Waals surface area contributed by atoms with E-state index >= 15 is 0 Å². The van der Waals surface area contributed by atoms with Crippen LogP contribution in [0, 0.1) is 13.8 Å². The number of rotatable bonds is 3. The van der Waals surface area contributed by atoms with Crippen molar-refractivity contribution in [1.82, 2.24) is 0 Å². The van der Waals surface area contributed by atoms with Gasteiger partial charge in [-0.15, -0.1) is 0 Å². The Balaban J connectivity index is 2.36. The van der Waals surface area contributed by atoms with E-state index in [-0.39, 0.29) is 0 Å². The van der Waals surface area contributed by atoms with E-state index in [1.165, 1.54) is 0 Å². The van der Waals surface area contributed by atoms with Gasteiger partial charge in [0, 0.05) is 5.02 Å². The average Bonchev–Trinajstić information content (AvgIpc) is 2.34. The van der Waals surface area contributed by atoms with Crippen LogP contribution in [0.25, 0.3) is 0 Å². The van der Waals surface area contributed by atoms with Crippen molar-refractivity contribution in [2.24, 2.45) is 0 Å². The molecule has 0 aliphatic rings. The molecule has 0 unspecified atom stereocenters. The van der Waals surface area contributed by atoms with E-state index in [1.54, 1.807) is 6.92 Å².